The van der Waals surface area contributed by atoms with E-state index in [1.165, 1.54) is 494 Å². The first-order valence-electron chi connectivity index (χ1n) is 58.2. The Bertz CT molecular complexity index is 2620. The Kier molecular flexibility index (Phi) is 138. The van der Waals surface area contributed by atoms with Crippen molar-refractivity contribution < 1.29 is 66.7 Å². The van der Waals surface area contributed by atoms with E-state index in [-0.39, 0.29) is 41.8 Å². The molecule has 0 fully saturated rings. The smallest absolute Gasteiger partial charge is 0.333 e. The van der Waals surface area contributed by atoms with Gasteiger partial charge in [-0.1, -0.05) is 583 Å². The Balaban J connectivity index is -0.000000296. The van der Waals surface area contributed by atoms with Crippen LogP contribution in [0.25, 0.3) is 0 Å². The molecule has 137 heavy (non-hydrogen) atoms. The fourth-order valence-electron chi connectivity index (χ4n) is 15.3. The van der Waals surface area contributed by atoms with Gasteiger partial charge in [0.25, 0.3) is 0 Å². The summed E-state index contributed by atoms with van der Waals surface area (Å²) in [6.45, 7) is 51.8. The van der Waals surface area contributed by atoms with Crippen molar-refractivity contribution in [1.29, 1.82) is 0 Å². The maximum atomic E-state index is 11.2. The number of esters is 7. The number of carbonyl (C=O) groups excluding carboxylic acids is 7. The van der Waals surface area contributed by atoms with Gasteiger partial charge in [-0.2, -0.15) is 0 Å². The van der Waals surface area contributed by atoms with Gasteiger partial charge in [0.1, 0.15) is 0 Å². The van der Waals surface area contributed by atoms with E-state index in [4.69, 9.17) is 33.2 Å². The molecule has 14 nitrogen and oxygen atoms in total. The third-order valence-electron chi connectivity index (χ3n) is 24.4. The molecule has 0 aromatic carbocycles. The van der Waals surface area contributed by atoms with Crippen molar-refractivity contribution in [2.75, 3.05) is 46.2 Å². The van der Waals surface area contributed by atoms with Crippen LogP contribution in [-0.2, 0) is 66.7 Å². The minimum atomic E-state index is -0.301. The molecular formula is C123H232O14. The molecule has 14 heteroatoms. The topological polar surface area (TPSA) is 184 Å². The quantitative estimate of drug-likeness (QED) is 0.0242. The van der Waals surface area contributed by atoms with Gasteiger partial charge < -0.3 is 33.2 Å². The highest BCUT2D eigenvalue weighted by Crippen LogP contribution is 2.21. The molecule has 0 aliphatic rings. The van der Waals surface area contributed by atoms with Crippen molar-refractivity contribution in [2.24, 2.45) is 0 Å². The SMILES string of the molecule is C=C(C)C(=O)OCCC.C=C(C)C(=O)OCCCC.C=C(C)C(=O)OCCCCCCCCCCCC.C=C(C)C(=O)OCCCCCCCCCCCCCCCC.C=C(C)C(=O)OCCCCCCCCCCCCCCCCCCCCCCC.C=CC(=O)OCCCCCCCCCCCCCCCC.C=CC(=O)OCCCCCCCCCCCCCCCCCCCCCCC. The number of unbranched alkanes of at least 4 members (excludes halogenated alkanes) is 76. The van der Waals surface area contributed by atoms with Gasteiger partial charge in [0.2, 0.25) is 0 Å². The lowest BCUT2D eigenvalue weighted by Crippen LogP contribution is -2.05. The average Bonchev–Trinajstić information content (AvgIpc) is 1.08. The summed E-state index contributed by atoms with van der Waals surface area (Å²) in [7, 11) is 0. The van der Waals surface area contributed by atoms with Crippen LogP contribution in [0.4, 0.5) is 0 Å². The van der Waals surface area contributed by atoms with Crippen molar-refractivity contribution in [3.8, 4) is 0 Å². The minimum Gasteiger partial charge on any atom is -0.463 e. The lowest BCUT2D eigenvalue weighted by atomic mass is 10.0. The molecule has 808 valence electrons. The average molecular weight is 1940 g/mol. The van der Waals surface area contributed by atoms with Crippen molar-refractivity contribution >= 4 is 41.8 Å². The van der Waals surface area contributed by atoms with E-state index in [1.54, 1.807) is 34.6 Å². The third kappa shape index (κ3) is 144. The Morgan fingerprint density at radius 3 is 0.358 bits per heavy atom. The van der Waals surface area contributed by atoms with Gasteiger partial charge in [-0.05, 0) is 79.6 Å². The first-order valence-corrected chi connectivity index (χ1v) is 58.2. The number of rotatable bonds is 97. The van der Waals surface area contributed by atoms with Gasteiger partial charge in [0.15, 0.2) is 0 Å². The predicted octanol–water partition coefficient (Wildman–Crippen LogP) is 39.5. The lowest BCUT2D eigenvalue weighted by Gasteiger charge is -2.05. The van der Waals surface area contributed by atoms with Crippen LogP contribution >= 0.6 is 0 Å². The monoisotopic (exact) mass is 1930 g/mol. The molecule has 0 N–H and O–H groups in total. The zero-order valence-corrected chi connectivity index (χ0v) is 93.5. The van der Waals surface area contributed by atoms with Crippen LogP contribution in [0.5, 0.6) is 0 Å². The van der Waals surface area contributed by atoms with Crippen LogP contribution in [0.2, 0.25) is 0 Å². The molecular weight excluding hydrogens is 1700 g/mol. The molecule has 0 spiro atoms. The lowest BCUT2D eigenvalue weighted by molar-refractivity contribution is -0.139. The van der Waals surface area contributed by atoms with Gasteiger partial charge in [0, 0.05) is 40.0 Å². The first kappa shape index (κ1) is 144. The Labute approximate surface area is 851 Å². The van der Waals surface area contributed by atoms with Gasteiger partial charge in [-0.15, -0.1) is 0 Å². The molecule has 0 unspecified atom stereocenters. The normalized spacial score (nSPS) is 10.5. The van der Waals surface area contributed by atoms with E-state index < -0.39 is 0 Å². The molecule has 0 bridgehead atoms. The van der Waals surface area contributed by atoms with Crippen molar-refractivity contribution in [3.05, 3.63) is 86.1 Å². The Morgan fingerprint density at radius 2 is 0.248 bits per heavy atom. The summed E-state index contributed by atoms with van der Waals surface area (Å²) in [6, 6.07) is 0. The number of hydrogen-bond acceptors (Lipinski definition) is 14. The summed E-state index contributed by atoms with van der Waals surface area (Å²) in [6.07, 6.45) is 114. The maximum Gasteiger partial charge on any atom is 0.333 e. The van der Waals surface area contributed by atoms with Gasteiger partial charge in [-0.3, -0.25) is 0 Å². The van der Waals surface area contributed by atoms with E-state index in [0.29, 0.717) is 74.1 Å². The Morgan fingerprint density at radius 1 is 0.146 bits per heavy atom. The zero-order chi connectivity index (χ0) is 103. The van der Waals surface area contributed by atoms with Gasteiger partial charge >= 0.3 is 41.8 Å². The highest BCUT2D eigenvalue weighted by molar-refractivity contribution is 5.88. The molecule has 0 radical (unpaired) electrons. The van der Waals surface area contributed by atoms with E-state index in [1.807, 2.05) is 6.92 Å². The highest BCUT2D eigenvalue weighted by atomic mass is 16.6. The van der Waals surface area contributed by atoms with Gasteiger partial charge in [0.05, 0.1) is 46.2 Å². The molecule has 0 aliphatic heterocycles. The molecule has 0 saturated heterocycles. The summed E-state index contributed by atoms with van der Waals surface area (Å²) in [4.78, 5) is 76.4. The summed E-state index contributed by atoms with van der Waals surface area (Å²) in [5.41, 5.74) is 2.40. The van der Waals surface area contributed by atoms with Crippen LogP contribution in [0, 0.1) is 0 Å². The standard InChI is InChI=1S/C27H52O2.C26H50O2.C20H38O2.C19H36O2.C16H30O2.C8H14O2.C7H12O2/c1-4-5-6-7-8-9-10-11-12-13-14-15-16-17-18-19-20-21-22-23-24-25-29-27(28)26(2)3;1-3-5-6-7-8-9-10-11-12-13-14-15-16-17-18-19-20-21-22-23-24-25-28-26(27)4-2;1-4-5-6-7-8-9-10-11-12-13-14-15-16-17-18-22-20(21)19(2)3;1-3-5-6-7-8-9-10-11-12-13-14-15-16-17-18-21-19(20)4-2;1-4-5-6-7-8-9-10-11-12-13-14-18-16(17)15(2)3;1-4-5-6-10-8(9)7(2)3;1-4-5-9-7(8)6(2)3/h2,4-25H2,1,3H3;4H,2-3,5-25H2,1H3;2,4-18H2,1,3H3;4H,2-3,5-18H2,1H3;2,4-14H2,1,3H3;2,4-6H2,1,3H3;2,4-5H2,1,3H3. The second-order valence-electron chi connectivity index (χ2n) is 39.2. The molecule has 0 rings (SSSR count). The number of hydrogen-bond donors (Lipinski definition) is 0. The fraction of sp³-hybridized carbons (Fsp3) is 0.829. The highest BCUT2D eigenvalue weighted by Gasteiger charge is 2.09. The molecule has 0 amide bonds. The third-order valence-corrected chi connectivity index (χ3v) is 24.4. The first-order chi connectivity index (χ1) is 66.5. The second-order valence-corrected chi connectivity index (χ2v) is 39.2. The minimum absolute atomic E-state index is 0.252. The van der Waals surface area contributed by atoms with E-state index in [0.717, 1.165) is 51.4 Å². The zero-order valence-electron chi connectivity index (χ0n) is 93.5. The molecule has 0 aromatic rings. The largest absolute Gasteiger partial charge is 0.463 e. The van der Waals surface area contributed by atoms with Crippen molar-refractivity contribution in [3.63, 3.8) is 0 Å². The van der Waals surface area contributed by atoms with Crippen molar-refractivity contribution in [2.45, 2.75) is 616 Å². The molecule has 0 saturated carbocycles. The van der Waals surface area contributed by atoms with Crippen LogP contribution in [0.3, 0.4) is 0 Å². The number of carbonyl (C=O) groups is 7. The molecule has 0 aromatic heterocycles. The van der Waals surface area contributed by atoms with Crippen LogP contribution in [-0.4, -0.2) is 88.0 Å². The maximum absolute atomic E-state index is 11.2. The van der Waals surface area contributed by atoms with E-state index >= 15 is 0 Å². The van der Waals surface area contributed by atoms with Crippen LogP contribution in [0.1, 0.15) is 616 Å². The molecule has 0 aliphatic carbocycles. The fourth-order valence-corrected chi connectivity index (χ4v) is 15.3. The van der Waals surface area contributed by atoms with Gasteiger partial charge in [-0.25, -0.2) is 33.6 Å². The number of ether oxygens (including phenoxy) is 7. The van der Waals surface area contributed by atoms with E-state index in [2.05, 4.69) is 87.6 Å². The summed E-state index contributed by atoms with van der Waals surface area (Å²) in [5.74, 6) is -1.94. The predicted molar refractivity (Wildman–Crippen MR) is 594 cm³/mol. The van der Waals surface area contributed by atoms with Crippen LogP contribution in [0.15, 0.2) is 86.1 Å². The Hall–Kier alpha value is -5.53. The summed E-state index contributed by atoms with van der Waals surface area (Å²) in [5, 5.41) is 0. The molecule has 0 atom stereocenters. The second kappa shape index (κ2) is 130. The van der Waals surface area contributed by atoms with Crippen LogP contribution < -0.4 is 0 Å². The summed E-state index contributed by atoms with van der Waals surface area (Å²) >= 11 is 0. The molecule has 0 heterocycles. The summed E-state index contributed by atoms with van der Waals surface area (Å²) < 4.78 is 34.7. The van der Waals surface area contributed by atoms with Crippen molar-refractivity contribution in [1.82, 2.24) is 0 Å². The van der Waals surface area contributed by atoms with E-state index in [9.17, 15) is 33.6 Å².